The molecule has 1 aromatic carbocycles. The van der Waals surface area contributed by atoms with Gasteiger partial charge >= 0.3 is 0 Å². The number of aromatic hydroxyl groups is 1. The van der Waals surface area contributed by atoms with Gasteiger partial charge in [0.25, 0.3) is 0 Å². The van der Waals surface area contributed by atoms with Gasteiger partial charge in [-0.2, -0.15) is 0 Å². The van der Waals surface area contributed by atoms with Crippen LogP contribution in [0.15, 0.2) is 24.3 Å². The summed E-state index contributed by atoms with van der Waals surface area (Å²) in [6.07, 6.45) is 0.271. The van der Waals surface area contributed by atoms with Crippen molar-refractivity contribution < 1.29 is 10.2 Å². The zero-order valence-electron chi connectivity index (χ0n) is 8.64. The number of hydrogen-bond donors (Lipinski definition) is 2. The zero-order chi connectivity index (χ0) is 10.6. The highest BCUT2D eigenvalue weighted by atomic mass is 16.3. The minimum atomic E-state index is -0.352. The van der Waals surface area contributed by atoms with E-state index in [1.807, 2.05) is 31.1 Å². The van der Waals surface area contributed by atoms with Crippen LogP contribution in [-0.2, 0) is 6.42 Å². The quantitative estimate of drug-likeness (QED) is 0.749. The lowest BCUT2D eigenvalue weighted by atomic mass is 10.1. The molecule has 0 heterocycles. The maximum absolute atomic E-state index is 9.64. The van der Waals surface area contributed by atoms with Crippen LogP contribution < -0.4 is 0 Å². The molecule has 0 saturated carbocycles. The van der Waals surface area contributed by atoms with Crippen molar-refractivity contribution in [2.24, 2.45) is 0 Å². The Balaban J connectivity index is 2.47. The fraction of sp³-hybridized carbons (Fsp3) is 0.455. The third-order valence-corrected chi connectivity index (χ3v) is 1.98. The smallest absolute Gasteiger partial charge is 0.115 e. The number of likely N-dealkylation sites (N-methyl/N-ethyl adjacent to an activating group) is 1. The monoisotopic (exact) mass is 195 g/mol. The third kappa shape index (κ3) is 3.77. The van der Waals surface area contributed by atoms with Crippen molar-refractivity contribution >= 4 is 0 Å². The molecule has 1 unspecified atom stereocenters. The predicted octanol–water partition coefficient (Wildman–Crippen LogP) is 0.857. The second-order valence-electron chi connectivity index (χ2n) is 3.79. The van der Waals surface area contributed by atoms with E-state index in [0.717, 1.165) is 5.56 Å². The normalized spacial score (nSPS) is 13.1. The Kier molecular flexibility index (Phi) is 3.92. The highest BCUT2D eigenvalue weighted by Crippen LogP contribution is 2.11. The molecular weight excluding hydrogens is 178 g/mol. The molecule has 0 aliphatic rings. The van der Waals surface area contributed by atoms with E-state index in [9.17, 15) is 5.11 Å². The number of aliphatic hydroxyl groups excluding tert-OH is 1. The highest BCUT2D eigenvalue weighted by molar-refractivity contribution is 5.26. The van der Waals surface area contributed by atoms with Gasteiger partial charge in [-0.1, -0.05) is 12.1 Å². The molecule has 78 valence electrons. The van der Waals surface area contributed by atoms with E-state index in [0.29, 0.717) is 13.0 Å². The zero-order valence-corrected chi connectivity index (χ0v) is 8.64. The lowest BCUT2D eigenvalue weighted by Gasteiger charge is -2.15. The molecular formula is C11H17NO2. The summed E-state index contributed by atoms with van der Waals surface area (Å²) in [5.74, 6) is 0.260. The van der Waals surface area contributed by atoms with Gasteiger partial charge in [0.1, 0.15) is 5.75 Å². The Morgan fingerprint density at radius 1 is 1.21 bits per heavy atom. The summed E-state index contributed by atoms with van der Waals surface area (Å²) < 4.78 is 0. The molecule has 1 atom stereocenters. The molecule has 0 amide bonds. The summed E-state index contributed by atoms with van der Waals surface area (Å²) in [7, 11) is 3.86. The van der Waals surface area contributed by atoms with Gasteiger partial charge in [0.2, 0.25) is 0 Å². The van der Waals surface area contributed by atoms with Gasteiger partial charge in [0.15, 0.2) is 0 Å². The number of rotatable bonds is 4. The molecule has 0 spiro atoms. The second-order valence-corrected chi connectivity index (χ2v) is 3.79. The summed E-state index contributed by atoms with van der Waals surface area (Å²) >= 11 is 0. The third-order valence-electron chi connectivity index (χ3n) is 1.98. The fourth-order valence-electron chi connectivity index (χ4n) is 1.39. The fourth-order valence-corrected chi connectivity index (χ4v) is 1.39. The van der Waals surface area contributed by atoms with E-state index < -0.39 is 0 Å². The lowest BCUT2D eigenvalue weighted by molar-refractivity contribution is 0.137. The van der Waals surface area contributed by atoms with Crippen LogP contribution >= 0.6 is 0 Å². The van der Waals surface area contributed by atoms with Gasteiger partial charge in [-0.15, -0.1) is 0 Å². The number of phenols is 1. The molecule has 0 aliphatic carbocycles. The van der Waals surface area contributed by atoms with Crippen LogP contribution in [-0.4, -0.2) is 41.9 Å². The van der Waals surface area contributed by atoms with Crippen LogP contribution in [0.5, 0.6) is 5.75 Å². The van der Waals surface area contributed by atoms with Gasteiger partial charge in [-0.05, 0) is 38.2 Å². The van der Waals surface area contributed by atoms with Crippen LogP contribution in [0.3, 0.4) is 0 Å². The van der Waals surface area contributed by atoms with E-state index in [1.165, 1.54) is 0 Å². The summed E-state index contributed by atoms with van der Waals surface area (Å²) in [6, 6.07) is 6.93. The first-order chi connectivity index (χ1) is 6.58. The van der Waals surface area contributed by atoms with Gasteiger partial charge in [0, 0.05) is 6.54 Å². The molecule has 0 fully saturated rings. The molecule has 3 heteroatoms. The Bertz CT molecular complexity index is 269. The number of nitrogens with zero attached hydrogens (tertiary/aromatic N) is 1. The van der Waals surface area contributed by atoms with Crippen molar-refractivity contribution in [3.8, 4) is 5.75 Å². The van der Waals surface area contributed by atoms with Gasteiger partial charge in [-0.3, -0.25) is 0 Å². The van der Waals surface area contributed by atoms with E-state index in [1.54, 1.807) is 12.1 Å². The van der Waals surface area contributed by atoms with E-state index in [2.05, 4.69) is 0 Å². The van der Waals surface area contributed by atoms with Crippen LogP contribution in [0.2, 0.25) is 0 Å². The molecule has 1 aromatic rings. The average molecular weight is 195 g/mol. The first-order valence-corrected chi connectivity index (χ1v) is 4.68. The molecule has 14 heavy (non-hydrogen) atoms. The van der Waals surface area contributed by atoms with Gasteiger partial charge in [-0.25, -0.2) is 0 Å². The van der Waals surface area contributed by atoms with Gasteiger partial charge < -0.3 is 15.1 Å². The van der Waals surface area contributed by atoms with E-state index >= 15 is 0 Å². The topological polar surface area (TPSA) is 43.7 Å². The predicted molar refractivity (Wildman–Crippen MR) is 56.4 cm³/mol. The van der Waals surface area contributed by atoms with E-state index in [-0.39, 0.29) is 11.9 Å². The molecule has 1 rings (SSSR count). The molecule has 0 radical (unpaired) electrons. The molecule has 3 nitrogen and oxygen atoms in total. The largest absolute Gasteiger partial charge is 0.508 e. The molecule has 0 bridgehead atoms. The second kappa shape index (κ2) is 4.98. The van der Waals surface area contributed by atoms with Crippen molar-refractivity contribution in [3.63, 3.8) is 0 Å². The molecule has 2 N–H and O–H groups in total. The lowest BCUT2D eigenvalue weighted by Crippen LogP contribution is -2.27. The van der Waals surface area contributed by atoms with Crippen LogP contribution in [0, 0.1) is 0 Å². The van der Waals surface area contributed by atoms with Crippen molar-refractivity contribution in [1.82, 2.24) is 4.90 Å². The maximum atomic E-state index is 9.64. The first kappa shape index (κ1) is 11.0. The Labute approximate surface area is 84.6 Å². The number of hydrogen-bond acceptors (Lipinski definition) is 3. The maximum Gasteiger partial charge on any atom is 0.115 e. The summed E-state index contributed by atoms with van der Waals surface area (Å²) in [6.45, 7) is 0.654. The van der Waals surface area contributed by atoms with Crippen molar-refractivity contribution in [3.05, 3.63) is 29.8 Å². The van der Waals surface area contributed by atoms with Crippen LogP contribution in [0.1, 0.15) is 5.56 Å². The molecule has 0 saturated heterocycles. The molecule has 0 aliphatic heterocycles. The number of phenolic OH excluding ortho intramolecular Hbond substituents is 1. The van der Waals surface area contributed by atoms with Crippen molar-refractivity contribution in [2.75, 3.05) is 20.6 Å². The molecule has 0 aromatic heterocycles. The Hall–Kier alpha value is -1.06. The first-order valence-electron chi connectivity index (χ1n) is 4.68. The van der Waals surface area contributed by atoms with Crippen molar-refractivity contribution in [1.29, 1.82) is 0 Å². The SMILES string of the molecule is CN(C)CC(O)Cc1ccc(O)cc1. The Morgan fingerprint density at radius 3 is 2.29 bits per heavy atom. The summed E-state index contributed by atoms with van der Waals surface area (Å²) in [5, 5.41) is 18.7. The van der Waals surface area contributed by atoms with Gasteiger partial charge in [0.05, 0.1) is 6.10 Å². The Morgan fingerprint density at radius 2 is 1.79 bits per heavy atom. The summed E-state index contributed by atoms with van der Waals surface area (Å²) in [4.78, 5) is 1.95. The average Bonchev–Trinajstić information content (AvgIpc) is 2.07. The summed E-state index contributed by atoms with van der Waals surface area (Å²) in [5.41, 5.74) is 1.04. The van der Waals surface area contributed by atoms with E-state index in [4.69, 9.17) is 5.11 Å². The minimum absolute atomic E-state index is 0.260. The van der Waals surface area contributed by atoms with Crippen LogP contribution in [0.4, 0.5) is 0 Å². The van der Waals surface area contributed by atoms with Crippen molar-refractivity contribution in [2.45, 2.75) is 12.5 Å². The number of aliphatic hydroxyl groups is 1. The highest BCUT2D eigenvalue weighted by Gasteiger charge is 2.06. The standard InChI is InChI=1S/C11H17NO2/c1-12(2)8-11(14)7-9-3-5-10(13)6-4-9/h3-6,11,13-14H,7-8H2,1-2H3. The van der Waals surface area contributed by atoms with Crippen LogP contribution in [0.25, 0.3) is 0 Å². The number of benzene rings is 1. The minimum Gasteiger partial charge on any atom is -0.508 e.